The molecule has 0 fully saturated rings. The minimum atomic E-state index is 0.936. The lowest BCUT2D eigenvalue weighted by Gasteiger charge is -2.15. The maximum absolute atomic E-state index is 5.13. The summed E-state index contributed by atoms with van der Waals surface area (Å²) >= 11 is 3.77. The summed E-state index contributed by atoms with van der Waals surface area (Å²) in [5.41, 5.74) is 11.5. The molecule has 11 aromatic rings. The number of hydrogen-bond donors (Lipinski definition) is 0. The van der Waals surface area contributed by atoms with Crippen LogP contribution >= 0.6 is 22.7 Å². The highest BCUT2D eigenvalue weighted by Gasteiger charge is 2.18. The first-order chi connectivity index (χ1) is 26.3. The van der Waals surface area contributed by atoms with Crippen LogP contribution in [0, 0.1) is 0 Å². The first-order valence-electron chi connectivity index (χ1n) is 17.9. The highest BCUT2D eigenvalue weighted by molar-refractivity contribution is 7.26. The summed E-state index contributed by atoms with van der Waals surface area (Å²) in [7, 11) is 0. The van der Waals surface area contributed by atoms with Gasteiger partial charge in [0, 0.05) is 51.6 Å². The Kier molecular flexibility index (Phi) is 6.94. The maximum Gasteiger partial charge on any atom is 0.145 e. The van der Waals surface area contributed by atoms with Crippen LogP contribution in [0.5, 0.6) is 0 Å². The predicted octanol–water partition coefficient (Wildman–Crippen LogP) is 14.4. The van der Waals surface area contributed by atoms with E-state index in [1.165, 1.54) is 68.2 Å². The molecule has 248 valence electrons. The van der Waals surface area contributed by atoms with Gasteiger partial charge in [-0.1, -0.05) is 127 Å². The van der Waals surface area contributed by atoms with Gasteiger partial charge in [-0.15, -0.1) is 22.7 Å². The minimum Gasteiger partial charge on any atom is -0.292 e. The zero-order valence-corrected chi connectivity index (χ0v) is 30.2. The fourth-order valence-electron chi connectivity index (χ4n) is 7.95. The average molecular weight is 711 g/mol. The number of para-hydroxylation sites is 2. The molecule has 0 radical (unpaired) electrons. The summed E-state index contributed by atoms with van der Waals surface area (Å²) in [4.78, 5) is 5.13. The van der Waals surface area contributed by atoms with Crippen molar-refractivity contribution >= 4 is 74.1 Å². The van der Waals surface area contributed by atoms with E-state index in [-0.39, 0.29) is 0 Å². The molecule has 0 saturated carbocycles. The molecular formula is C49H30N2S2. The van der Waals surface area contributed by atoms with Crippen LogP contribution in [0.1, 0.15) is 0 Å². The quantitative estimate of drug-likeness (QED) is 0.174. The van der Waals surface area contributed by atoms with Crippen molar-refractivity contribution in [3.8, 4) is 50.5 Å². The Morgan fingerprint density at radius 1 is 0.377 bits per heavy atom. The Hall–Kier alpha value is -6.33. The first-order valence-corrected chi connectivity index (χ1v) is 19.5. The van der Waals surface area contributed by atoms with Crippen molar-refractivity contribution in [3.63, 3.8) is 0 Å². The standard InChI is InChI=1S/C49H30N2S2/c1-2-13-31(14-3-1)49-50-43-23-6-7-24-44(43)51(49)36-16-10-15-32(30-36)33-27-34(37-19-11-21-41-39-17-4-8-25-45(39)52-47(37)41)29-35(28-33)38-20-12-22-42-40-18-5-9-26-46(40)53-48(38)42/h1-30H. The lowest BCUT2D eigenvalue weighted by atomic mass is 9.92. The van der Waals surface area contributed by atoms with E-state index in [2.05, 4.69) is 187 Å². The molecule has 0 amide bonds. The smallest absolute Gasteiger partial charge is 0.145 e. The van der Waals surface area contributed by atoms with Gasteiger partial charge in [0.1, 0.15) is 5.82 Å². The summed E-state index contributed by atoms with van der Waals surface area (Å²) in [5, 5.41) is 5.25. The van der Waals surface area contributed by atoms with Crippen LogP contribution in [-0.4, -0.2) is 9.55 Å². The summed E-state index contributed by atoms with van der Waals surface area (Å²) < 4.78 is 7.58. The summed E-state index contributed by atoms with van der Waals surface area (Å²) in [6, 6.07) is 66.1. The number of thiophene rings is 2. The Bertz CT molecular complexity index is 3050. The molecule has 0 aliphatic carbocycles. The summed E-state index contributed by atoms with van der Waals surface area (Å²) in [6.07, 6.45) is 0. The molecule has 11 rings (SSSR count). The summed E-state index contributed by atoms with van der Waals surface area (Å²) in [6.45, 7) is 0. The van der Waals surface area contributed by atoms with E-state index in [9.17, 15) is 0 Å². The van der Waals surface area contributed by atoms with Crippen LogP contribution in [-0.2, 0) is 0 Å². The van der Waals surface area contributed by atoms with Crippen LogP contribution in [0.25, 0.3) is 102 Å². The number of nitrogens with zero attached hydrogens (tertiary/aromatic N) is 2. The normalized spacial score (nSPS) is 11.8. The molecule has 53 heavy (non-hydrogen) atoms. The molecule has 0 atom stereocenters. The molecule has 8 aromatic carbocycles. The molecule has 2 nitrogen and oxygen atoms in total. The Balaban J connectivity index is 1.16. The molecule has 3 aromatic heterocycles. The average Bonchev–Trinajstić information content (AvgIpc) is 3.93. The van der Waals surface area contributed by atoms with Crippen molar-refractivity contribution in [1.82, 2.24) is 9.55 Å². The van der Waals surface area contributed by atoms with Gasteiger partial charge in [-0.25, -0.2) is 4.98 Å². The van der Waals surface area contributed by atoms with Gasteiger partial charge in [0.05, 0.1) is 11.0 Å². The molecule has 0 bridgehead atoms. The Labute approximate surface area is 314 Å². The van der Waals surface area contributed by atoms with Crippen molar-refractivity contribution < 1.29 is 0 Å². The molecule has 0 N–H and O–H groups in total. The predicted molar refractivity (Wildman–Crippen MR) is 229 cm³/mol. The van der Waals surface area contributed by atoms with Crippen LogP contribution in [0.15, 0.2) is 182 Å². The maximum atomic E-state index is 5.13. The van der Waals surface area contributed by atoms with Gasteiger partial charge in [-0.2, -0.15) is 0 Å². The van der Waals surface area contributed by atoms with E-state index in [1.807, 2.05) is 22.7 Å². The Morgan fingerprint density at radius 2 is 0.906 bits per heavy atom. The second-order valence-electron chi connectivity index (χ2n) is 13.5. The van der Waals surface area contributed by atoms with Crippen molar-refractivity contribution in [2.45, 2.75) is 0 Å². The largest absolute Gasteiger partial charge is 0.292 e. The number of aromatic nitrogens is 2. The minimum absolute atomic E-state index is 0.936. The summed E-state index contributed by atoms with van der Waals surface area (Å²) in [5.74, 6) is 0.936. The van der Waals surface area contributed by atoms with Gasteiger partial charge in [0.15, 0.2) is 0 Å². The number of imidazole rings is 1. The lowest BCUT2D eigenvalue weighted by Crippen LogP contribution is -1.98. The third-order valence-electron chi connectivity index (χ3n) is 10.4. The van der Waals surface area contributed by atoms with E-state index < -0.39 is 0 Å². The van der Waals surface area contributed by atoms with Gasteiger partial charge >= 0.3 is 0 Å². The Morgan fingerprint density at radius 3 is 1.58 bits per heavy atom. The monoisotopic (exact) mass is 710 g/mol. The third kappa shape index (κ3) is 4.95. The van der Waals surface area contributed by atoms with E-state index in [0.717, 1.165) is 33.7 Å². The molecule has 0 unspecified atom stereocenters. The molecule has 4 heteroatoms. The first kappa shape index (κ1) is 30.3. The van der Waals surface area contributed by atoms with Gasteiger partial charge in [-0.3, -0.25) is 4.57 Å². The number of hydrogen-bond acceptors (Lipinski definition) is 3. The second-order valence-corrected chi connectivity index (χ2v) is 15.6. The van der Waals surface area contributed by atoms with Gasteiger partial charge in [0.25, 0.3) is 0 Å². The van der Waals surface area contributed by atoms with Crippen LogP contribution in [0.2, 0.25) is 0 Å². The third-order valence-corrected chi connectivity index (χ3v) is 12.8. The fourth-order valence-corrected chi connectivity index (χ4v) is 10.4. The molecule has 0 aliphatic heterocycles. The van der Waals surface area contributed by atoms with Crippen LogP contribution in [0.4, 0.5) is 0 Å². The SMILES string of the molecule is c1ccc(-c2nc3ccccc3n2-c2cccc(-c3cc(-c4cccc5c4sc4ccccc45)cc(-c4cccc5c4sc4ccccc45)c3)c2)cc1. The van der Waals surface area contributed by atoms with Gasteiger partial charge in [0.2, 0.25) is 0 Å². The lowest BCUT2D eigenvalue weighted by molar-refractivity contribution is 1.10. The van der Waals surface area contributed by atoms with Gasteiger partial charge in [-0.05, 0) is 88.0 Å². The number of fused-ring (bicyclic) bond motifs is 7. The highest BCUT2D eigenvalue weighted by atomic mass is 32.1. The molecule has 0 saturated heterocycles. The molecular weight excluding hydrogens is 681 g/mol. The van der Waals surface area contributed by atoms with Crippen molar-refractivity contribution in [2.75, 3.05) is 0 Å². The zero-order chi connectivity index (χ0) is 34.9. The van der Waals surface area contributed by atoms with E-state index in [4.69, 9.17) is 4.98 Å². The van der Waals surface area contributed by atoms with Crippen LogP contribution < -0.4 is 0 Å². The van der Waals surface area contributed by atoms with E-state index in [1.54, 1.807) is 0 Å². The topological polar surface area (TPSA) is 17.8 Å². The van der Waals surface area contributed by atoms with Gasteiger partial charge < -0.3 is 0 Å². The zero-order valence-electron chi connectivity index (χ0n) is 28.5. The molecule has 0 aliphatic rings. The second kappa shape index (κ2) is 12.1. The highest BCUT2D eigenvalue weighted by Crippen LogP contribution is 2.45. The van der Waals surface area contributed by atoms with Crippen molar-refractivity contribution in [2.24, 2.45) is 0 Å². The number of benzene rings is 8. The fraction of sp³-hybridized carbons (Fsp3) is 0. The van der Waals surface area contributed by atoms with E-state index in [0.29, 0.717) is 0 Å². The van der Waals surface area contributed by atoms with E-state index >= 15 is 0 Å². The molecule has 3 heterocycles. The molecule has 0 spiro atoms. The van der Waals surface area contributed by atoms with Crippen molar-refractivity contribution in [3.05, 3.63) is 182 Å². The van der Waals surface area contributed by atoms with Crippen LogP contribution in [0.3, 0.4) is 0 Å². The van der Waals surface area contributed by atoms with Crippen molar-refractivity contribution in [1.29, 1.82) is 0 Å². The number of rotatable bonds is 5.